The summed E-state index contributed by atoms with van der Waals surface area (Å²) in [6.07, 6.45) is -1.17. The van der Waals surface area contributed by atoms with Crippen LogP contribution < -0.4 is 16.0 Å². The Labute approximate surface area is 167 Å². The van der Waals surface area contributed by atoms with E-state index in [1.807, 2.05) is 0 Å². The lowest BCUT2D eigenvalue weighted by molar-refractivity contribution is -0.137. The molecule has 2 amide bonds. The maximum atomic E-state index is 12.7. The Morgan fingerprint density at radius 1 is 0.862 bits per heavy atom. The Morgan fingerprint density at radius 2 is 1.48 bits per heavy atom. The number of anilines is 3. The fraction of sp³-hybridized carbons (Fsp3) is 0.333. The molecule has 2 aromatic carbocycles. The van der Waals surface area contributed by atoms with Crippen molar-refractivity contribution in [3.05, 3.63) is 54.1 Å². The number of amides is 2. The number of unbranched alkanes of at least 4 members (excludes halogenated alkanes) is 2. The Morgan fingerprint density at radius 3 is 2.14 bits per heavy atom. The summed E-state index contributed by atoms with van der Waals surface area (Å²) in [6, 6.07) is 11.3. The third kappa shape index (κ3) is 7.85. The minimum absolute atomic E-state index is 0.0897. The van der Waals surface area contributed by atoms with Gasteiger partial charge in [0.1, 0.15) is 0 Å². The van der Waals surface area contributed by atoms with Gasteiger partial charge in [0.25, 0.3) is 0 Å². The van der Waals surface area contributed by atoms with Gasteiger partial charge < -0.3 is 16.0 Å². The van der Waals surface area contributed by atoms with Gasteiger partial charge in [-0.25, -0.2) is 0 Å². The van der Waals surface area contributed by atoms with Gasteiger partial charge in [0.05, 0.1) is 12.1 Å². The van der Waals surface area contributed by atoms with E-state index < -0.39 is 17.6 Å². The number of hydrogen-bond donors (Lipinski definition) is 3. The zero-order valence-electron chi connectivity index (χ0n) is 16.1. The molecule has 2 aromatic rings. The second-order valence-corrected chi connectivity index (χ2v) is 6.57. The molecule has 0 heterocycles. The van der Waals surface area contributed by atoms with E-state index in [1.54, 1.807) is 24.3 Å². The van der Waals surface area contributed by atoms with Gasteiger partial charge in [-0.3, -0.25) is 9.59 Å². The predicted octanol–water partition coefficient (Wildman–Crippen LogP) is 5.27. The smallest absolute Gasteiger partial charge is 0.376 e. The Kier molecular flexibility index (Phi) is 8.06. The maximum absolute atomic E-state index is 12.7. The molecule has 0 aliphatic heterocycles. The van der Waals surface area contributed by atoms with E-state index in [9.17, 15) is 22.8 Å². The molecule has 0 atom stereocenters. The number of hydrogen-bond acceptors (Lipinski definition) is 3. The highest BCUT2D eigenvalue weighted by Gasteiger charge is 2.30. The third-order valence-corrected chi connectivity index (χ3v) is 4.08. The van der Waals surface area contributed by atoms with E-state index in [4.69, 9.17) is 0 Å². The zero-order chi connectivity index (χ0) is 21.3. The van der Waals surface area contributed by atoms with Crippen molar-refractivity contribution >= 4 is 28.9 Å². The topological polar surface area (TPSA) is 70.2 Å². The third-order valence-electron chi connectivity index (χ3n) is 4.08. The van der Waals surface area contributed by atoms with Crippen LogP contribution in [0.5, 0.6) is 0 Å². The molecule has 156 valence electrons. The predicted molar refractivity (Wildman–Crippen MR) is 108 cm³/mol. The normalized spacial score (nSPS) is 11.0. The van der Waals surface area contributed by atoms with E-state index in [2.05, 4.69) is 22.9 Å². The molecular weight excluding hydrogens is 383 g/mol. The molecule has 0 aliphatic rings. The van der Waals surface area contributed by atoms with Crippen LogP contribution in [-0.2, 0) is 15.8 Å². The minimum atomic E-state index is -4.44. The molecule has 0 aliphatic carbocycles. The number of rotatable bonds is 9. The van der Waals surface area contributed by atoms with Gasteiger partial charge in [-0.2, -0.15) is 13.2 Å². The van der Waals surface area contributed by atoms with Crippen LogP contribution in [0.1, 0.15) is 38.2 Å². The summed E-state index contributed by atoms with van der Waals surface area (Å²) >= 11 is 0. The average molecular weight is 407 g/mol. The fourth-order valence-corrected chi connectivity index (χ4v) is 2.63. The number of halogens is 3. The standard InChI is InChI=1S/C21H24F3N3O2/c1-2-3-4-11-19(28)26-17-9-6-10-18(13-17)27-20(29)14-25-16-8-5-7-15(12-16)21(22,23)24/h5-10,12-13,25H,2-4,11,14H2,1H3,(H,26,28)(H,27,29). The Hall–Kier alpha value is -3.03. The first-order valence-electron chi connectivity index (χ1n) is 9.39. The van der Waals surface area contributed by atoms with Crippen molar-refractivity contribution in [1.29, 1.82) is 0 Å². The molecule has 0 bridgehead atoms. The molecule has 0 spiro atoms. The van der Waals surface area contributed by atoms with Crippen molar-refractivity contribution in [3.63, 3.8) is 0 Å². The van der Waals surface area contributed by atoms with E-state index in [0.717, 1.165) is 31.4 Å². The summed E-state index contributed by atoms with van der Waals surface area (Å²) < 4.78 is 38.2. The highest BCUT2D eigenvalue weighted by atomic mass is 19.4. The minimum Gasteiger partial charge on any atom is -0.376 e. The van der Waals surface area contributed by atoms with Gasteiger partial charge >= 0.3 is 6.18 Å². The van der Waals surface area contributed by atoms with Crippen LogP contribution in [0.15, 0.2) is 48.5 Å². The summed E-state index contributed by atoms with van der Waals surface area (Å²) in [7, 11) is 0. The van der Waals surface area contributed by atoms with Gasteiger partial charge in [0, 0.05) is 23.5 Å². The van der Waals surface area contributed by atoms with Gasteiger partial charge in [-0.05, 0) is 42.8 Å². The van der Waals surface area contributed by atoms with Gasteiger partial charge in [-0.1, -0.05) is 31.9 Å². The number of carbonyl (C=O) groups is 2. The molecule has 2 rings (SSSR count). The maximum Gasteiger partial charge on any atom is 0.416 e. The average Bonchev–Trinajstić information content (AvgIpc) is 2.66. The molecule has 0 unspecified atom stereocenters. The highest BCUT2D eigenvalue weighted by molar-refractivity contribution is 5.95. The summed E-state index contributed by atoms with van der Waals surface area (Å²) in [5.41, 5.74) is 0.454. The Bertz CT molecular complexity index is 838. The first-order valence-corrected chi connectivity index (χ1v) is 9.39. The fourth-order valence-electron chi connectivity index (χ4n) is 2.63. The first-order chi connectivity index (χ1) is 13.8. The van der Waals surface area contributed by atoms with Gasteiger partial charge in [0.15, 0.2) is 0 Å². The SMILES string of the molecule is CCCCCC(=O)Nc1cccc(NC(=O)CNc2cccc(C(F)(F)F)c2)c1. The van der Waals surface area contributed by atoms with Crippen LogP contribution in [0.4, 0.5) is 30.2 Å². The highest BCUT2D eigenvalue weighted by Crippen LogP contribution is 2.30. The second kappa shape index (κ2) is 10.5. The van der Waals surface area contributed by atoms with Crippen LogP contribution in [0.25, 0.3) is 0 Å². The summed E-state index contributed by atoms with van der Waals surface area (Å²) in [5.74, 6) is -0.512. The summed E-state index contributed by atoms with van der Waals surface area (Å²) in [4.78, 5) is 24.0. The monoisotopic (exact) mass is 407 g/mol. The Balaban J connectivity index is 1.87. The van der Waals surface area contributed by atoms with Crippen LogP contribution >= 0.6 is 0 Å². The van der Waals surface area contributed by atoms with Crippen molar-refractivity contribution in [1.82, 2.24) is 0 Å². The van der Waals surface area contributed by atoms with E-state index in [0.29, 0.717) is 17.8 Å². The number of nitrogens with one attached hydrogen (secondary N) is 3. The first kappa shape index (κ1) is 22.3. The number of benzene rings is 2. The van der Waals surface area contributed by atoms with Crippen LogP contribution in [-0.4, -0.2) is 18.4 Å². The van der Waals surface area contributed by atoms with E-state index >= 15 is 0 Å². The van der Waals surface area contributed by atoms with Crippen molar-refractivity contribution in [2.45, 2.75) is 38.8 Å². The number of alkyl halides is 3. The molecule has 8 heteroatoms. The number of carbonyl (C=O) groups excluding carboxylic acids is 2. The van der Waals surface area contributed by atoms with Crippen molar-refractivity contribution in [3.8, 4) is 0 Å². The summed E-state index contributed by atoms with van der Waals surface area (Å²) in [5, 5.41) is 8.10. The largest absolute Gasteiger partial charge is 0.416 e. The second-order valence-electron chi connectivity index (χ2n) is 6.57. The molecule has 0 saturated heterocycles. The van der Waals surface area contributed by atoms with E-state index in [1.165, 1.54) is 12.1 Å². The molecule has 5 nitrogen and oxygen atoms in total. The lowest BCUT2D eigenvalue weighted by Gasteiger charge is -2.11. The lowest BCUT2D eigenvalue weighted by atomic mass is 10.2. The lowest BCUT2D eigenvalue weighted by Crippen LogP contribution is -2.22. The molecule has 0 aromatic heterocycles. The van der Waals surface area contributed by atoms with Crippen LogP contribution in [0.3, 0.4) is 0 Å². The van der Waals surface area contributed by atoms with Crippen LogP contribution in [0.2, 0.25) is 0 Å². The van der Waals surface area contributed by atoms with Crippen molar-refractivity contribution in [2.24, 2.45) is 0 Å². The molecular formula is C21H24F3N3O2. The van der Waals surface area contributed by atoms with Crippen LogP contribution in [0, 0.1) is 0 Å². The van der Waals surface area contributed by atoms with Crippen molar-refractivity contribution in [2.75, 3.05) is 22.5 Å². The molecule has 0 saturated carbocycles. The van der Waals surface area contributed by atoms with E-state index in [-0.39, 0.29) is 18.1 Å². The van der Waals surface area contributed by atoms with Gasteiger partial charge in [0.2, 0.25) is 11.8 Å². The molecule has 3 N–H and O–H groups in total. The molecule has 0 fully saturated rings. The molecule has 29 heavy (non-hydrogen) atoms. The molecule has 0 radical (unpaired) electrons. The summed E-state index contributed by atoms with van der Waals surface area (Å²) in [6.45, 7) is 1.86. The quantitative estimate of drug-likeness (QED) is 0.496. The van der Waals surface area contributed by atoms with Gasteiger partial charge in [-0.15, -0.1) is 0 Å². The zero-order valence-corrected chi connectivity index (χ0v) is 16.1. The van der Waals surface area contributed by atoms with Crippen molar-refractivity contribution < 1.29 is 22.8 Å².